The van der Waals surface area contributed by atoms with Gasteiger partial charge in [0.25, 0.3) is 0 Å². The summed E-state index contributed by atoms with van der Waals surface area (Å²) < 4.78 is 5.12. The summed E-state index contributed by atoms with van der Waals surface area (Å²) in [6, 6.07) is 7.52. The van der Waals surface area contributed by atoms with E-state index in [1.165, 1.54) is 0 Å². The quantitative estimate of drug-likeness (QED) is 0.779. The zero-order valence-electron chi connectivity index (χ0n) is 14.4. The fraction of sp³-hybridized carbons (Fsp3) is 0.529. The molecule has 2 rings (SSSR count). The zero-order chi connectivity index (χ0) is 16.8. The Morgan fingerprint density at radius 2 is 2.04 bits per heavy atom. The number of benzene rings is 1. The fourth-order valence-electron chi connectivity index (χ4n) is 2.71. The molecule has 2 N–H and O–H groups in total. The number of methoxy groups -OCH3 is 1. The second kappa shape index (κ2) is 9.49. The molecular weight excluding hydrogens is 330 g/mol. The number of carbonyl (C=O) groups excluding carboxylic acids is 2. The molecule has 6 nitrogen and oxygen atoms in total. The van der Waals surface area contributed by atoms with Crippen LogP contribution in [0.3, 0.4) is 0 Å². The van der Waals surface area contributed by atoms with Crippen LogP contribution in [-0.2, 0) is 9.59 Å². The monoisotopic (exact) mass is 355 g/mol. The average molecular weight is 356 g/mol. The first-order valence-corrected chi connectivity index (χ1v) is 8.00. The Balaban J connectivity index is 0.00000288. The van der Waals surface area contributed by atoms with Crippen LogP contribution in [0.25, 0.3) is 0 Å². The van der Waals surface area contributed by atoms with Crippen molar-refractivity contribution in [3.05, 3.63) is 24.3 Å². The average Bonchev–Trinajstić information content (AvgIpc) is 2.95. The van der Waals surface area contributed by atoms with Crippen molar-refractivity contribution in [3.63, 3.8) is 0 Å². The lowest BCUT2D eigenvalue weighted by molar-refractivity contribution is -0.126. The molecule has 1 fully saturated rings. The summed E-state index contributed by atoms with van der Waals surface area (Å²) >= 11 is 0. The van der Waals surface area contributed by atoms with E-state index in [1.807, 2.05) is 38.1 Å². The second-order valence-electron chi connectivity index (χ2n) is 5.81. The van der Waals surface area contributed by atoms with E-state index in [4.69, 9.17) is 4.74 Å². The highest BCUT2D eigenvalue weighted by molar-refractivity contribution is 6.00. The van der Waals surface area contributed by atoms with Crippen molar-refractivity contribution < 1.29 is 14.3 Å². The predicted octanol–water partition coefficient (Wildman–Crippen LogP) is 1.58. The summed E-state index contributed by atoms with van der Waals surface area (Å²) in [7, 11) is 1.60. The summed E-state index contributed by atoms with van der Waals surface area (Å²) in [5.41, 5.74) is 0.798. The maximum atomic E-state index is 12.2. The number of amides is 2. The van der Waals surface area contributed by atoms with Crippen molar-refractivity contribution >= 4 is 29.9 Å². The zero-order valence-corrected chi connectivity index (χ0v) is 15.2. The molecule has 1 aromatic carbocycles. The molecule has 2 atom stereocenters. The third kappa shape index (κ3) is 5.11. The molecule has 0 spiro atoms. The Hall–Kier alpha value is -1.79. The predicted molar refractivity (Wildman–Crippen MR) is 96.9 cm³/mol. The molecule has 0 bridgehead atoms. The molecule has 24 heavy (non-hydrogen) atoms. The number of anilines is 1. The number of nitrogens with zero attached hydrogens (tertiary/aromatic N) is 1. The van der Waals surface area contributed by atoms with Gasteiger partial charge >= 0.3 is 0 Å². The molecular formula is C17H26ClN3O3. The molecule has 1 heterocycles. The third-order valence-corrected chi connectivity index (χ3v) is 4.01. The van der Waals surface area contributed by atoms with E-state index >= 15 is 0 Å². The lowest BCUT2D eigenvalue weighted by Crippen LogP contribution is -2.41. The number of nitrogens with one attached hydrogen (secondary N) is 2. The number of rotatable bonds is 7. The molecule has 1 aliphatic heterocycles. The van der Waals surface area contributed by atoms with E-state index in [-0.39, 0.29) is 42.6 Å². The molecule has 134 valence electrons. The third-order valence-electron chi connectivity index (χ3n) is 4.01. The van der Waals surface area contributed by atoms with E-state index in [2.05, 4.69) is 10.6 Å². The van der Waals surface area contributed by atoms with Crippen molar-refractivity contribution in [2.75, 3.05) is 31.6 Å². The Morgan fingerprint density at radius 3 is 2.62 bits per heavy atom. The Labute approximate surface area is 149 Å². The van der Waals surface area contributed by atoms with E-state index in [0.717, 1.165) is 18.0 Å². The fourth-order valence-corrected chi connectivity index (χ4v) is 2.71. The topological polar surface area (TPSA) is 70.7 Å². The minimum atomic E-state index is -0.293. The van der Waals surface area contributed by atoms with Crippen LogP contribution in [0.15, 0.2) is 24.3 Å². The molecule has 1 aliphatic rings. The first-order valence-electron chi connectivity index (χ1n) is 8.00. The summed E-state index contributed by atoms with van der Waals surface area (Å²) in [6.07, 6.45) is 0.257. The lowest BCUT2D eigenvalue weighted by atomic mass is 10.1. The van der Waals surface area contributed by atoms with E-state index in [9.17, 15) is 9.59 Å². The highest BCUT2D eigenvalue weighted by Crippen LogP contribution is 2.26. The second-order valence-corrected chi connectivity index (χ2v) is 5.81. The number of hydrogen-bond acceptors (Lipinski definition) is 4. The normalized spacial score (nSPS) is 18.0. The van der Waals surface area contributed by atoms with Gasteiger partial charge in [-0.3, -0.25) is 9.59 Å². The molecule has 7 heteroatoms. The Morgan fingerprint density at radius 1 is 1.38 bits per heavy atom. The van der Waals surface area contributed by atoms with Gasteiger partial charge in [-0.1, -0.05) is 6.92 Å². The van der Waals surface area contributed by atoms with Gasteiger partial charge in [-0.25, -0.2) is 0 Å². The Bertz CT molecular complexity index is 551. The summed E-state index contributed by atoms with van der Waals surface area (Å²) in [4.78, 5) is 26.1. The molecule has 1 aromatic rings. The molecule has 1 unspecified atom stereocenters. The largest absolute Gasteiger partial charge is 0.497 e. The van der Waals surface area contributed by atoms with Gasteiger partial charge < -0.3 is 20.3 Å². The van der Waals surface area contributed by atoms with Gasteiger partial charge in [-0.05, 0) is 37.7 Å². The van der Waals surface area contributed by atoms with Crippen LogP contribution in [-0.4, -0.2) is 44.6 Å². The van der Waals surface area contributed by atoms with Crippen molar-refractivity contribution in [3.8, 4) is 5.75 Å². The number of carbonyl (C=O) groups is 2. The summed E-state index contributed by atoms with van der Waals surface area (Å²) in [6.45, 7) is 5.91. The number of likely N-dealkylation sites (N-methyl/N-ethyl adjacent to an activating group) is 1. The van der Waals surface area contributed by atoms with Crippen molar-refractivity contribution in [2.45, 2.75) is 26.3 Å². The van der Waals surface area contributed by atoms with E-state index in [1.54, 1.807) is 12.0 Å². The van der Waals surface area contributed by atoms with Crippen LogP contribution in [0.1, 0.15) is 20.3 Å². The first-order chi connectivity index (χ1) is 11.0. The first kappa shape index (κ1) is 20.3. The number of hydrogen-bond donors (Lipinski definition) is 2. The van der Waals surface area contributed by atoms with Crippen LogP contribution >= 0.6 is 12.4 Å². The van der Waals surface area contributed by atoms with Crippen LogP contribution in [0.4, 0.5) is 5.69 Å². The van der Waals surface area contributed by atoms with Gasteiger partial charge in [0, 0.05) is 31.2 Å². The standard InChI is InChI=1S/C17H25N3O3.ClH/c1-4-18-12(2)10-19-17(22)13-9-16(21)20(11-13)14-5-7-15(23-3)8-6-14;/h5-8,12-13,18H,4,9-11H2,1-3H3,(H,19,22);1H/t12-,13?;/m1./s1. The minimum Gasteiger partial charge on any atom is -0.497 e. The van der Waals surface area contributed by atoms with Gasteiger partial charge in [0.1, 0.15) is 5.75 Å². The van der Waals surface area contributed by atoms with Crippen molar-refractivity contribution in [1.29, 1.82) is 0 Å². The maximum Gasteiger partial charge on any atom is 0.227 e. The highest BCUT2D eigenvalue weighted by atomic mass is 35.5. The number of ether oxygens (including phenoxy) is 1. The Kier molecular flexibility index (Phi) is 8.01. The van der Waals surface area contributed by atoms with Gasteiger partial charge in [0.2, 0.25) is 11.8 Å². The molecule has 1 saturated heterocycles. The summed E-state index contributed by atoms with van der Waals surface area (Å²) in [5, 5.41) is 6.16. The minimum absolute atomic E-state index is 0. The molecule has 2 amide bonds. The molecule has 0 aromatic heterocycles. The van der Waals surface area contributed by atoms with Gasteiger partial charge in [-0.2, -0.15) is 0 Å². The van der Waals surface area contributed by atoms with Crippen LogP contribution in [0.2, 0.25) is 0 Å². The lowest BCUT2D eigenvalue weighted by Gasteiger charge is -2.18. The maximum absolute atomic E-state index is 12.2. The molecule has 0 aliphatic carbocycles. The molecule has 0 radical (unpaired) electrons. The van der Waals surface area contributed by atoms with Crippen LogP contribution in [0, 0.1) is 5.92 Å². The van der Waals surface area contributed by atoms with Crippen LogP contribution < -0.4 is 20.3 Å². The van der Waals surface area contributed by atoms with Gasteiger partial charge in [0.15, 0.2) is 0 Å². The smallest absolute Gasteiger partial charge is 0.227 e. The number of halogens is 1. The van der Waals surface area contributed by atoms with Crippen molar-refractivity contribution in [1.82, 2.24) is 10.6 Å². The van der Waals surface area contributed by atoms with Crippen LogP contribution in [0.5, 0.6) is 5.75 Å². The highest BCUT2D eigenvalue weighted by Gasteiger charge is 2.35. The SMILES string of the molecule is CCN[C@H](C)CNC(=O)C1CC(=O)N(c2ccc(OC)cc2)C1.Cl. The van der Waals surface area contributed by atoms with E-state index < -0.39 is 0 Å². The van der Waals surface area contributed by atoms with Gasteiger partial charge in [0.05, 0.1) is 13.0 Å². The molecule has 0 saturated carbocycles. The summed E-state index contributed by atoms with van der Waals surface area (Å²) in [5.74, 6) is 0.375. The van der Waals surface area contributed by atoms with Gasteiger partial charge in [-0.15, -0.1) is 12.4 Å². The van der Waals surface area contributed by atoms with E-state index in [0.29, 0.717) is 13.1 Å². The van der Waals surface area contributed by atoms with Crippen molar-refractivity contribution in [2.24, 2.45) is 5.92 Å².